The predicted octanol–water partition coefficient (Wildman–Crippen LogP) is -1.17. The van der Waals surface area contributed by atoms with Gasteiger partial charge in [-0.1, -0.05) is 0 Å². The standard InChI is InChI=1S/C26H50N12S4/c27-21-42-14-4-3-7-36-24(41)38-26-18-31-11-8-28-15-25(16-29-9-12-32-19-26,17-30-10-13-33-20-26)37-23(40)35-6-2-1-5-34-22-39/h28-33H,1-20H2,(H2,35,37,40)(H2,36,38,41). The molecule has 16 heteroatoms. The molecule has 10 N–H and O–H groups in total. The summed E-state index contributed by atoms with van der Waals surface area (Å²) in [6.45, 7) is 11.7. The van der Waals surface area contributed by atoms with Gasteiger partial charge in [-0.3, -0.25) is 0 Å². The number of nitrogens with one attached hydrogen (secondary N) is 10. The summed E-state index contributed by atoms with van der Waals surface area (Å²) in [6.07, 6.45) is 3.88. The molecule has 0 aromatic rings. The van der Waals surface area contributed by atoms with Gasteiger partial charge in [0.05, 0.1) is 16.2 Å². The maximum absolute atomic E-state index is 8.69. The van der Waals surface area contributed by atoms with E-state index in [0.29, 0.717) is 16.8 Å². The molecule has 238 valence electrons. The molecule has 3 saturated heterocycles. The molecule has 3 rings (SSSR count). The summed E-state index contributed by atoms with van der Waals surface area (Å²) in [6, 6.07) is 0. The van der Waals surface area contributed by atoms with Crippen molar-refractivity contribution >= 4 is 63.8 Å². The van der Waals surface area contributed by atoms with E-state index in [-0.39, 0.29) is 11.1 Å². The lowest BCUT2D eigenvalue weighted by atomic mass is 9.97. The lowest BCUT2D eigenvalue weighted by Crippen LogP contribution is -2.69. The maximum Gasteiger partial charge on any atom is 0.166 e. The third kappa shape index (κ3) is 16.6. The second-order valence-electron chi connectivity index (χ2n) is 10.7. The summed E-state index contributed by atoms with van der Waals surface area (Å²) in [5.41, 5.74) is -0.593. The fourth-order valence-electron chi connectivity index (χ4n) is 4.82. The Hall–Kier alpha value is -1.22. The smallest absolute Gasteiger partial charge is 0.166 e. The number of rotatable bonds is 12. The Morgan fingerprint density at radius 1 is 0.690 bits per heavy atom. The number of fused-ring (bicyclic) bond motifs is 15. The lowest BCUT2D eigenvalue weighted by Gasteiger charge is -2.39. The minimum atomic E-state index is -0.298. The molecule has 2 bridgehead atoms. The van der Waals surface area contributed by atoms with Gasteiger partial charge in [0.2, 0.25) is 0 Å². The first-order chi connectivity index (χ1) is 20.5. The maximum atomic E-state index is 8.69. The van der Waals surface area contributed by atoms with Crippen LogP contribution in [0.25, 0.3) is 0 Å². The van der Waals surface area contributed by atoms with Crippen molar-refractivity contribution < 1.29 is 0 Å². The molecule has 12 nitrogen and oxygen atoms in total. The third-order valence-corrected chi connectivity index (χ3v) is 8.29. The Kier molecular flexibility index (Phi) is 20.4. The van der Waals surface area contributed by atoms with Crippen molar-refractivity contribution in [2.45, 2.75) is 36.8 Å². The largest absolute Gasteiger partial charge is 0.363 e. The molecular weight excluding hydrogens is 609 g/mol. The first kappa shape index (κ1) is 37.0. The zero-order valence-corrected chi connectivity index (χ0v) is 27.9. The molecule has 0 unspecified atom stereocenters. The van der Waals surface area contributed by atoms with Crippen LogP contribution in [-0.2, 0) is 0 Å². The van der Waals surface area contributed by atoms with Crippen LogP contribution in [-0.4, -0.2) is 130 Å². The van der Waals surface area contributed by atoms with Crippen LogP contribution in [0.3, 0.4) is 0 Å². The third-order valence-electron chi connectivity index (χ3n) is 7.04. The quantitative estimate of drug-likeness (QED) is 0.0530. The number of hydrogen-bond acceptors (Lipinski definition) is 12. The minimum Gasteiger partial charge on any atom is -0.363 e. The normalized spacial score (nSPS) is 24.2. The first-order valence-corrected chi connectivity index (χ1v) is 17.2. The van der Waals surface area contributed by atoms with Gasteiger partial charge in [-0.2, -0.15) is 5.26 Å². The number of thioether (sulfide) groups is 1. The van der Waals surface area contributed by atoms with Gasteiger partial charge in [-0.05, 0) is 74.1 Å². The molecule has 3 heterocycles. The molecule has 0 aromatic carbocycles. The first-order valence-electron chi connectivity index (χ1n) is 14.9. The van der Waals surface area contributed by atoms with Crippen molar-refractivity contribution in [2.24, 2.45) is 4.99 Å². The van der Waals surface area contributed by atoms with E-state index in [9.17, 15) is 0 Å². The van der Waals surface area contributed by atoms with Gasteiger partial charge < -0.3 is 53.2 Å². The number of thiocyanates is 1. The number of hydrogen-bond donors (Lipinski definition) is 10. The van der Waals surface area contributed by atoms with Crippen molar-refractivity contribution in [3.05, 3.63) is 0 Å². The highest BCUT2D eigenvalue weighted by atomic mass is 32.2. The molecule has 0 aliphatic carbocycles. The summed E-state index contributed by atoms with van der Waals surface area (Å²) >= 11 is 17.3. The molecule has 0 radical (unpaired) electrons. The summed E-state index contributed by atoms with van der Waals surface area (Å²) in [5.74, 6) is 0.850. The Balaban J connectivity index is 1.98. The van der Waals surface area contributed by atoms with E-state index in [1.165, 1.54) is 11.8 Å². The van der Waals surface area contributed by atoms with Gasteiger partial charge in [0.1, 0.15) is 5.40 Å². The van der Waals surface area contributed by atoms with Crippen LogP contribution in [0, 0.1) is 10.7 Å². The van der Waals surface area contributed by atoms with Gasteiger partial charge in [0.25, 0.3) is 0 Å². The summed E-state index contributed by atoms with van der Waals surface area (Å²) in [4.78, 5) is 3.97. The number of unbranched alkanes of at least 4 members (excludes halogenated alkanes) is 2. The van der Waals surface area contributed by atoms with Gasteiger partial charge >= 0.3 is 0 Å². The van der Waals surface area contributed by atoms with Gasteiger partial charge in [0, 0.05) is 104 Å². The lowest BCUT2D eigenvalue weighted by molar-refractivity contribution is 0.287. The SMILES string of the molecule is N#CSCCCCNC(=S)NC12CNCCNCC(NC(=S)NCCCCN=C=S)(CNCCNC1)CNCCNC2. The van der Waals surface area contributed by atoms with Crippen molar-refractivity contribution in [1.82, 2.24) is 53.2 Å². The predicted molar refractivity (Wildman–Crippen MR) is 187 cm³/mol. The second kappa shape index (κ2) is 23.2. The van der Waals surface area contributed by atoms with Crippen molar-refractivity contribution in [3.63, 3.8) is 0 Å². The number of thiocarbonyl (C=S) groups is 3. The van der Waals surface area contributed by atoms with Gasteiger partial charge in [0.15, 0.2) is 10.2 Å². The fourth-order valence-corrected chi connectivity index (χ4v) is 5.98. The number of nitrogens with zero attached hydrogens (tertiary/aromatic N) is 2. The van der Waals surface area contributed by atoms with Crippen LogP contribution in [0.5, 0.6) is 0 Å². The topological polar surface area (TPSA) is 156 Å². The average molecular weight is 659 g/mol. The number of nitriles is 1. The Bertz CT molecular complexity index is 821. The van der Waals surface area contributed by atoms with Crippen LogP contribution in [0.15, 0.2) is 4.99 Å². The van der Waals surface area contributed by atoms with Crippen molar-refractivity contribution in [2.75, 3.05) is 104 Å². The van der Waals surface area contributed by atoms with Crippen LogP contribution in [0.2, 0.25) is 0 Å². The van der Waals surface area contributed by atoms with E-state index in [1.807, 2.05) is 0 Å². The van der Waals surface area contributed by atoms with E-state index in [0.717, 1.165) is 123 Å². The van der Waals surface area contributed by atoms with E-state index in [2.05, 4.69) is 80.9 Å². The highest BCUT2D eigenvalue weighted by molar-refractivity contribution is 8.03. The van der Waals surface area contributed by atoms with Gasteiger partial charge in [-0.15, -0.1) is 0 Å². The molecule has 0 atom stereocenters. The summed E-state index contributed by atoms with van der Waals surface area (Å²) in [5, 5.41) is 50.5. The zero-order valence-electron chi connectivity index (χ0n) is 24.7. The average Bonchev–Trinajstić information content (AvgIpc) is 2.97. The molecule has 0 saturated carbocycles. The van der Waals surface area contributed by atoms with Gasteiger partial charge in [-0.25, -0.2) is 4.99 Å². The number of isothiocyanates is 1. The molecule has 0 amide bonds. The molecule has 0 aromatic heterocycles. The Morgan fingerprint density at radius 3 is 1.48 bits per heavy atom. The second-order valence-corrected chi connectivity index (χ2v) is 12.6. The van der Waals surface area contributed by atoms with Crippen LogP contribution in [0.1, 0.15) is 25.7 Å². The highest BCUT2D eigenvalue weighted by Gasteiger charge is 2.33. The monoisotopic (exact) mass is 658 g/mol. The Labute approximate surface area is 272 Å². The molecule has 42 heavy (non-hydrogen) atoms. The summed E-state index contributed by atoms with van der Waals surface area (Å²) in [7, 11) is 0. The molecule has 0 spiro atoms. The molecule has 3 aliphatic heterocycles. The van der Waals surface area contributed by atoms with E-state index in [4.69, 9.17) is 29.7 Å². The molecule has 3 aliphatic rings. The zero-order chi connectivity index (χ0) is 30.2. The molecule has 3 fully saturated rings. The minimum absolute atomic E-state index is 0.295. The number of aliphatic imine (C=N–C) groups is 1. The highest BCUT2D eigenvalue weighted by Crippen LogP contribution is 2.06. The van der Waals surface area contributed by atoms with E-state index in [1.54, 1.807) is 0 Å². The van der Waals surface area contributed by atoms with E-state index >= 15 is 0 Å². The van der Waals surface area contributed by atoms with Crippen LogP contribution in [0.4, 0.5) is 0 Å². The van der Waals surface area contributed by atoms with Crippen molar-refractivity contribution in [1.29, 1.82) is 5.26 Å². The van der Waals surface area contributed by atoms with Crippen LogP contribution >= 0.6 is 48.4 Å². The van der Waals surface area contributed by atoms with Crippen LogP contribution < -0.4 is 53.2 Å². The summed E-state index contributed by atoms with van der Waals surface area (Å²) < 4.78 is 0. The Morgan fingerprint density at radius 2 is 1.10 bits per heavy atom. The van der Waals surface area contributed by atoms with Crippen molar-refractivity contribution in [3.8, 4) is 5.40 Å². The van der Waals surface area contributed by atoms with E-state index < -0.39 is 0 Å². The molecular formula is C26H50N12S4. The fraction of sp³-hybridized carbons (Fsp3) is 0.846.